The van der Waals surface area contributed by atoms with Crippen molar-refractivity contribution < 1.29 is 8.42 Å². The Balaban J connectivity index is 2.07. The topological polar surface area (TPSA) is 74.3 Å². The van der Waals surface area contributed by atoms with Gasteiger partial charge < -0.3 is 5.32 Å². The molecule has 0 unspecified atom stereocenters. The third kappa shape index (κ3) is 2.70. The van der Waals surface area contributed by atoms with Crippen molar-refractivity contribution in [1.82, 2.24) is 14.6 Å². The monoisotopic (exact) mass is 262 g/mol. The van der Waals surface area contributed by atoms with Crippen molar-refractivity contribution >= 4 is 26.7 Å². The zero-order chi connectivity index (χ0) is 11.6. The number of rotatable bonds is 3. The molecule has 0 spiro atoms. The lowest BCUT2D eigenvalue weighted by atomic mass is 10.4. The van der Waals surface area contributed by atoms with Crippen LogP contribution in [0.5, 0.6) is 0 Å². The summed E-state index contributed by atoms with van der Waals surface area (Å²) in [5, 5.41) is 3.53. The minimum atomic E-state index is -3.43. The number of aromatic nitrogens is 1. The van der Waals surface area contributed by atoms with E-state index in [-0.39, 0.29) is 0 Å². The van der Waals surface area contributed by atoms with Crippen molar-refractivity contribution in [3.63, 3.8) is 0 Å². The smallest absolute Gasteiger partial charge is 0.303 e. The number of hydrogen-bond acceptors (Lipinski definition) is 5. The number of thiazole rings is 1. The molecule has 0 radical (unpaired) electrons. The molecule has 1 aromatic rings. The van der Waals surface area contributed by atoms with E-state index in [1.807, 2.05) is 6.92 Å². The molecule has 2 rings (SSSR count). The molecule has 1 aliphatic rings. The van der Waals surface area contributed by atoms with Crippen LogP contribution in [0.2, 0.25) is 0 Å². The van der Waals surface area contributed by atoms with Gasteiger partial charge in [-0.25, -0.2) is 9.71 Å². The van der Waals surface area contributed by atoms with Gasteiger partial charge >= 0.3 is 10.2 Å². The van der Waals surface area contributed by atoms with Crippen molar-refractivity contribution in [2.75, 3.05) is 30.9 Å². The summed E-state index contributed by atoms with van der Waals surface area (Å²) in [4.78, 5) is 4.97. The molecule has 90 valence electrons. The van der Waals surface area contributed by atoms with Gasteiger partial charge in [-0.2, -0.15) is 12.7 Å². The molecule has 6 nitrogen and oxygen atoms in total. The Labute approximate surface area is 98.9 Å². The summed E-state index contributed by atoms with van der Waals surface area (Å²) in [5.41, 5.74) is 0. The Bertz CT molecular complexity index is 450. The van der Waals surface area contributed by atoms with E-state index in [9.17, 15) is 8.42 Å². The van der Waals surface area contributed by atoms with Crippen LogP contribution >= 0.6 is 11.3 Å². The summed E-state index contributed by atoms with van der Waals surface area (Å²) < 4.78 is 27.8. The van der Waals surface area contributed by atoms with Crippen LogP contribution in [-0.2, 0) is 10.2 Å². The highest BCUT2D eigenvalue weighted by molar-refractivity contribution is 7.90. The highest BCUT2D eigenvalue weighted by Gasteiger charge is 2.24. The summed E-state index contributed by atoms with van der Waals surface area (Å²) in [6.07, 6.45) is 1.65. The first kappa shape index (κ1) is 11.8. The number of nitrogens with zero attached hydrogens (tertiary/aromatic N) is 2. The predicted octanol–water partition coefficient (Wildman–Crippen LogP) is 0.0134. The lowest BCUT2D eigenvalue weighted by Crippen LogP contribution is -2.48. The fraction of sp³-hybridized carbons (Fsp3) is 0.625. The third-order valence-corrected chi connectivity index (χ3v) is 4.71. The van der Waals surface area contributed by atoms with Gasteiger partial charge in [0.1, 0.15) is 0 Å². The Kier molecular flexibility index (Phi) is 3.43. The molecular weight excluding hydrogens is 248 g/mol. The fourth-order valence-corrected chi connectivity index (χ4v) is 3.53. The normalized spacial score (nSPS) is 18.6. The SMILES string of the molecule is Cc1cnc(NS(=O)(=O)N2CCNCC2)s1. The summed E-state index contributed by atoms with van der Waals surface area (Å²) >= 11 is 1.33. The largest absolute Gasteiger partial charge is 0.314 e. The van der Waals surface area contributed by atoms with E-state index in [0.717, 1.165) is 4.88 Å². The first-order valence-electron chi connectivity index (χ1n) is 4.99. The Morgan fingerprint density at radius 1 is 1.50 bits per heavy atom. The van der Waals surface area contributed by atoms with Gasteiger partial charge in [0.25, 0.3) is 0 Å². The summed E-state index contributed by atoms with van der Waals surface area (Å²) in [6.45, 7) is 4.27. The van der Waals surface area contributed by atoms with Crippen LogP contribution in [0.15, 0.2) is 6.20 Å². The van der Waals surface area contributed by atoms with E-state index in [2.05, 4.69) is 15.0 Å². The zero-order valence-electron chi connectivity index (χ0n) is 8.93. The maximum absolute atomic E-state index is 11.9. The molecule has 1 aromatic heterocycles. The number of nitrogens with one attached hydrogen (secondary N) is 2. The van der Waals surface area contributed by atoms with Crippen molar-refractivity contribution in [3.8, 4) is 0 Å². The molecule has 16 heavy (non-hydrogen) atoms. The molecule has 2 heterocycles. The van der Waals surface area contributed by atoms with E-state index in [1.165, 1.54) is 15.6 Å². The van der Waals surface area contributed by atoms with Gasteiger partial charge in [-0.15, -0.1) is 11.3 Å². The van der Waals surface area contributed by atoms with Crippen molar-refractivity contribution in [2.24, 2.45) is 0 Å². The van der Waals surface area contributed by atoms with Crippen LogP contribution < -0.4 is 10.0 Å². The Morgan fingerprint density at radius 3 is 2.75 bits per heavy atom. The molecule has 1 fully saturated rings. The molecule has 0 aromatic carbocycles. The second kappa shape index (κ2) is 4.66. The minimum Gasteiger partial charge on any atom is -0.314 e. The lowest BCUT2D eigenvalue weighted by Gasteiger charge is -2.26. The Hall–Kier alpha value is -0.700. The van der Waals surface area contributed by atoms with Crippen LogP contribution in [0.4, 0.5) is 5.13 Å². The van der Waals surface area contributed by atoms with E-state index >= 15 is 0 Å². The lowest BCUT2D eigenvalue weighted by molar-refractivity contribution is 0.362. The average molecular weight is 262 g/mol. The van der Waals surface area contributed by atoms with Gasteiger partial charge in [0.2, 0.25) is 0 Å². The molecule has 0 saturated carbocycles. The fourth-order valence-electron chi connectivity index (χ4n) is 1.46. The minimum absolute atomic E-state index is 0.427. The van der Waals surface area contributed by atoms with Gasteiger partial charge in [-0.05, 0) is 6.92 Å². The van der Waals surface area contributed by atoms with Crippen molar-refractivity contribution in [3.05, 3.63) is 11.1 Å². The van der Waals surface area contributed by atoms with Crippen LogP contribution in [0.25, 0.3) is 0 Å². The first-order chi connectivity index (χ1) is 7.58. The number of hydrogen-bond donors (Lipinski definition) is 2. The zero-order valence-corrected chi connectivity index (χ0v) is 10.6. The van der Waals surface area contributed by atoms with Crippen LogP contribution in [0.3, 0.4) is 0 Å². The molecule has 1 aliphatic heterocycles. The van der Waals surface area contributed by atoms with Gasteiger partial charge in [0.05, 0.1) is 0 Å². The summed E-state index contributed by atoms with van der Waals surface area (Å²) in [5.74, 6) is 0. The Morgan fingerprint density at radius 2 is 2.19 bits per heavy atom. The molecule has 0 aliphatic carbocycles. The van der Waals surface area contributed by atoms with E-state index in [0.29, 0.717) is 31.3 Å². The van der Waals surface area contributed by atoms with Crippen LogP contribution in [0.1, 0.15) is 4.88 Å². The van der Waals surface area contributed by atoms with Gasteiger partial charge in [-0.1, -0.05) is 0 Å². The molecule has 0 atom stereocenters. The van der Waals surface area contributed by atoms with Gasteiger partial charge in [0, 0.05) is 37.3 Å². The molecule has 2 N–H and O–H groups in total. The predicted molar refractivity (Wildman–Crippen MR) is 63.8 cm³/mol. The maximum Gasteiger partial charge on any atom is 0.303 e. The molecule has 8 heteroatoms. The van der Waals surface area contributed by atoms with E-state index in [1.54, 1.807) is 6.20 Å². The second-order valence-corrected chi connectivity index (χ2v) is 6.44. The van der Waals surface area contributed by atoms with Crippen LogP contribution in [-0.4, -0.2) is 43.9 Å². The molecule has 1 saturated heterocycles. The third-order valence-electron chi connectivity index (χ3n) is 2.25. The average Bonchev–Trinajstić information content (AvgIpc) is 2.64. The second-order valence-electron chi connectivity index (χ2n) is 3.53. The first-order valence-corrected chi connectivity index (χ1v) is 7.24. The highest BCUT2D eigenvalue weighted by atomic mass is 32.2. The quantitative estimate of drug-likeness (QED) is 0.805. The van der Waals surface area contributed by atoms with E-state index in [4.69, 9.17) is 0 Å². The molecule has 0 amide bonds. The number of aryl methyl sites for hydroxylation is 1. The standard InChI is InChI=1S/C8H14N4O2S2/c1-7-6-10-8(15-7)11-16(13,14)12-4-2-9-3-5-12/h6,9H,2-5H2,1H3,(H,10,11). The summed E-state index contributed by atoms with van der Waals surface area (Å²) in [7, 11) is -3.43. The molecular formula is C8H14N4O2S2. The van der Waals surface area contributed by atoms with Gasteiger partial charge in [0.15, 0.2) is 5.13 Å². The number of anilines is 1. The van der Waals surface area contributed by atoms with Crippen LogP contribution in [0, 0.1) is 6.92 Å². The number of piperazine rings is 1. The molecule has 0 bridgehead atoms. The highest BCUT2D eigenvalue weighted by Crippen LogP contribution is 2.18. The van der Waals surface area contributed by atoms with Crippen molar-refractivity contribution in [1.29, 1.82) is 0 Å². The van der Waals surface area contributed by atoms with E-state index < -0.39 is 10.2 Å². The maximum atomic E-state index is 11.9. The summed E-state index contributed by atoms with van der Waals surface area (Å²) in [6, 6.07) is 0. The van der Waals surface area contributed by atoms with Crippen molar-refractivity contribution in [2.45, 2.75) is 6.92 Å². The van der Waals surface area contributed by atoms with Gasteiger partial charge in [-0.3, -0.25) is 0 Å².